The Kier molecular flexibility index (Phi) is 5.90. The van der Waals surface area contributed by atoms with Crippen LogP contribution >= 0.6 is 0 Å². The molecule has 1 saturated heterocycles. The molecule has 3 heterocycles. The minimum absolute atomic E-state index is 0.0212. The Balaban J connectivity index is 1.35. The molecule has 2 aliphatic heterocycles. The number of hydrogen-bond donors (Lipinski definition) is 2. The second-order valence-corrected chi connectivity index (χ2v) is 7.81. The van der Waals surface area contributed by atoms with E-state index < -0.39 is 12.2 Å². The van der Waals surface area contributed by atoms with Crippen LogP contribution in [0.2, 0.25) is 0 Å². The lowest BCUT2D eigenvalue weighted by Gasteiger charge is -2.33. The fraction of sp³-hybridized carbons (Fsp3) is 0.429. The SMILES string of the molecule is CC(Nc1ncc2c(n1)N(C)C(=O)OC2)c1ccc(CN2CCN(C(=O)O)CC2)cc1. The smallest absolute Gasteiger partial charge is 0.415 e. The maximum Gasteiger partial charge on any atom is 0.415 e. The Hall–Kier alpha value is -3.40. The first-order valence-corrected chi connectivity index (χ1v) is 10.2. The van der Waals surface area contributed by atoms with Gasteiger partial charge in [0.05, 0.1) is 11.6 Å². The number of cyclic esters (lactones) is 1. The number of anilines is 2. The first-order valence-electron chi connectivity index (χ1n) is 10.2. The summed E-state index contributed by atoms with van der Waals surface area (Å²) in [5, 5.41) is 12.3. The van der Waals surface area contributed by atoms with Crippen LogP contribution in [0.5, 0.6) is 0 Å². The molecule has 0 aliphatic carbocycles. The highest BCUT2D eigenvalue weighted by molar-refractivity contribution is 5.88. The number of rotatable bonds is 5. The van der Waals surface area contributed by atoms with Crippen LogP contribution in [0, 0.1) is 0 Å². The molecule has 31 heavy (non-hydrogen) atoms. The van der Waals surface area contributed by atoms with Crippen LogP contribution in [0.3, 0.4) is 0 Å². The van der Waals surface area contributed by atoms with Crippen LogP contribution in [0.15, 0.2) is 30.5 Å². The van der Waals surface area contributed by atoms with Gasteiger partial charge in [0.2, 0.25) is 5.95 Å². The second kappa shape index (κ2) is 8.76. The average molecular weight is 426 g/mol. The van der Waals surface area contributed by atoms with Gasteiger partial charge in [0, 0.05) is 46.0 Å². The monoisotopic (exact) mass is 426 g/mol. The van der Waals surface area contributed by atoms with Crippen LogP contribution in [-0.4, -0.2) is 70.3 Å². The summed E-state index contributed by atoms with van der Waals surface area (Å²) in [5.41, 5.74) is 3.05. The van der Waals surface area contributed by atoms with E-state index >= 15 is 0 Å². The molecule has 0 spiro atoms. The van der Waals surface area contributed by atoms with E-state index in [4.69, 9.17) is 9.84 Å². The zero-order chi connectivity index (χ0) is 22.0. The maximum absolute atomic E-state index is 11.7. The molecule has 2 aromatic rings. The van der Waals surface area contributed by atoms with Gasteiger partial charge >= 0.3 is 12.2 Å². The van der Waals surface area contributed by atoms with E-state index in [0.29, 0.717) is 24.9 Å². The number of hydrogen-bond acceptors (Lipinski definition) is 7. The average Bonchev–Trinajstić information content (AvgIpc) is 2.77. The fourth-order valence-electron chi connectivity index (χ4n) is 3.73. The lowest BCUT2D eigenvalue weighted by molar-refractivity contribution is 0.103. The molecular formula is C21H26N6O4. The van der Waals surface area contributed by atoms with Crippen LogP contribution in [0.4, 0.5) is 21.4 Å². The molecule has 1 unspecified atom stereocenters. The predicted molar refractivity (Wildman–Crippen MR) is 114 cm³/mol. The number of nitrogens with zero attached hydrogens (tertiary/aromatic N) is 5. The van der Waals surface area contributed by atoms with Gasteiger partial charge in [-0.2, -0.15) is 4.98 Å². The number of carbonyl (C=O) groups excluding carboxylic acids is 1. The highest BCUT2D eigenvalue weighted by Gasteiger charge is 2.25. The number of ether oxygens (including phenoxy) is 1. The first kappa shape index (κ1) is 20.9. The minimum Gasteiger partial charge on any atom is -0.465 e. The van der Waals surface area contributed by atoms with Crippen molar-refractivity contribution in [2.75, 3.05) is 43.4 Å². The molecule has 164 valence electrons. The Morgan fingerprint density at radius 3 is 2.61 bits per heavy atom. The molecule has 10 heteroatoms. The number of amides is 2. The van der Waals surface area contributed by atoms with Crippen molar-refractivity contribution in [3.8, 4) is 0 Å². The van der Waals surface area contributed by atoms with Gasteiger partial charge in [-0.15, -0.1) is 0 Å². The number of benzene rings is 1. The molecular weight excluding hydrogens is 400 g/mol. The molecule has 1 aromatic carbocycles. The molecule has 0 bridgehead atoms. The van der Waals surface area contributed by atoms with Gasteiger partial charge in [0.15, 0.2) is 0 Å². The summed E-state index contributed by atoms with van der Waals surface area (Å²) in [7, 11) is 1.63. The standard InChI is InChI=1S/C21H26N6O4/c1-14(23-19-22-11-17-13-31-21(30)25(2)18(17)24-19)16-5-3-15(4-6-16)12-26-7-9-27(10-8-26)20(28)29/h3-6,11,14H,7-10,12-13H2,1-2H3,(H,28,29)(H,22,23,24). The predicted octanol–water partition coefficient (Wildman–Crippen LogP) is 2.53. The highest BCUT2D eigenvalue weighted by Crippen LogP contribution is 2.25. The van der Waals surface area contributed by atoms with Crippen LogP contribution in [-0.2, 0) is 17.9 Å². The van der Waals surface area contributed by atoms with Crippen molar-refractivity contribution >= 4 is 24.0 Å². The molecule has 0 radical (unpaired) electrons. The summed E-state index contributed by atoms with van der Waals surface area (Å²) >= 11 is 0. The number of aromatic nitrogens is 2. The Morgan fingerprint density at radius 2 is 1.94 bits per heavy atom. The topological polar surface area (TPSA) is 111 Å². The summed E-state index contributed by atoms with van der Waals surface area (Å²) < 4.78 is 5.04. The van der Waals surface area contributed by atoms with Crippen molar-refractivity contribution in [2.24, 2.45) is 0 Å². The first-order chi connectivity index (χ1) is 14.9. The molecule has 1 fully saturated rings. The van der Waals surface area contributed by atoms with E-state index in [2.05, 4.69) is 44.5 Å². The molecule has 1 atom stereocenters. The number of fused-ring (bicyclic) bond motifs is 1. The van der Waals surface area contributed by atoms with E-state index in [9.17, 15) is 9.59 Å². The number of piperazine rings is 1. The van der Waals surface area contributed by atoms with E-state index in [-0.39, 0.29) is 12.6 Å². The lowest BCUT2D eigenvalue weighted by atomic mass is 10.1. The van der Waals surface area contributed by atoms with Gasteiger partial charge in [-0.1, -0.05) is 24.3 Å². The van der Waals surface area contributed by atoms with Gasteiger partial charge in [0.25, 0.3) is 0 Å². The highest BCUT2D eigenvalue weighted by atomic mass is 16.6. The zero-order valence-corrected chi connectivity index (χ0v) is 17.6. The van der Waals surface area contributed by atoms with Gasteiger partial charge < -0.3 is 20.1 Å². The molecule has 1 aromatic heterocycles. The van der Waals surface area contributed by atoms with E-state index in [1.165, 1.54) is 15.4 Å². The van der Waals surface area contributed by atoms with E-state index in [1.807, 2.05) is 6.92 Å². The third-order valence-electron chi connectivity index (χ3n) is 5.66. The second-order valence-electron chi connectivity index (χ2n) is 7.81. The van der Waals surface area contributed by atoms with Crippen molar-refractivity contribution in [3.05, 3.63) is 47.2 Å². The largest absolute Gasteiger partial charge is 0.465 e. The molecule has 2 aliphatic rings. The Morgan fingerprint density at radius 1 is 1.23 bits per heavy atom. The third kappa shape index (κ3) is 4.69. The van der Waals surface area contributed by atoms with Crippen molar-refractivity contribution in [1.82, 2.24) is 19.8 Å². The zero-order valence-electron chi connectivity index (χ0n) is 17.6. The summed E-state index contributed by atoms with van der Waals surface area (Å²) in [5.74, 6) is 1.01. The summed E-state index contributed by atoms with van der Waals surface area (Å²) in [6.45, 7) is 5.57. The van der Waals surface area contributed by atoms with Crippen molar-refractivity contribution < 1.29 is 19.4 Å². The van der Waals surface area contributed by atoms with Gasteiger partial charge in [-0.3, -0.25) is 9.80 Å². The summed E-state index contributed by atoms with van der Waals surface area (Å²) in [4.78, 5) is 36.7. The van der Waals surface area contributed by atoms with Crippen LogP contribution < -0.4 is 10.2 Å². The van der Waals surface area contributed by atoms with E-state index in [0.717, 1.165) is 30.8 Å². The number of carboxylic acid groups (broad SMARTS) is 1. The van der Waals surface area contributed by atoms with Gasteiger partial charge in [0.1, 0.15) is 12.4 Å². The van der Waals surface area contributed by atoms with Crippen LogP contribution in [0.25, 0.3) is 0 Å². The van der Waals surface area contributed by atoms with Crippen molar-refractivity contribution in [2.45, 2.75) is 26.1 Å². The Bertz CT molecular complexity index is 959. The van der Waals surface area contributed by atoms with E-state index in [1.54, 1.807) is 13.2 Å². The van der Waals surface area contributed by atoms with Gasteiger partial charge in [-0.05, 0) is 18.1 Å². The molecule has 0 saturated carbocycles. The van der Waals surface area contributed by atoms with Crippen LogP contribution in [0.1, 0.15) is 29.7 Å². The van der Waals surface area contributed by atoms with Crippen molar-refractivity contribution in [1.29, 1.82) is 0 Å². The maximum atomic E-state index is 11.7. The molecule has 10 nitrogen and oxygen atoms in total. The molecule has 2 amide bonds. The third-order valence-corrected chi connectivity index (χ3v) is 5.66. The lowest BCUT2D eigenvalue weighted by Crippen LogP contribution is -2.47. The fourth-order valence-corrected chi connectivity index (χ4v) is 3.73. The molecule has 4 rings (SSSR count). The Labute approximate surface area is 180 Å². The summed E-state index contributed by atoms with van der Waals surface area (Å²) in [6.07, 6.45) is 0.401. The minimum atomic E-state index is -0.847. The number of carbonyl (C=O) groups is 2. The normalized spacial score (nSPS) is 17.7. The van der Waals surface area contributed by atoms with Gasteiger partial charge in [-0.25, -0.2) is 14.6 Å². The van der Waals surface area contributed by atoms with Crippen molar-refractivity contribution in [3.63, 3.8) is 0 Å². The summed E-state index contributed by atoms with van der Waals surface area (Å²) in [6, 6.07) is 8.31. The molecule has 2 N–H and O–H groups in total. The number of nitrogens with one attached hydrogen (secondary N) is 1. The quantitative estimate of drug-likeness (QED) is 0.750.